The van der Waals surface area contributed by atoms with E-state index >= 15 is 0 Å². The molecule has 8 nitrogen and oxygen atoms in total. The van der Waals surface area contributed by atoms with E-state index in [1.54, 1.807) is 6.07 Å². The molecule has 2 aromatic heterocycles. The molecule has 1 fully saturated rings. The maximum atomic E-state index is 12.9. The van der Waals surface area contributed by atoms with Crippen LogP contribution in [0.1, 0.15) is 40.4 Å². The van der Waals surface area contributed by atoms with E-state index in [0.29, 0.717) is 17.7 Å². The number of benzene rings is 2. The van der Waals surface area contributed by atoms with Gasteiger partial charge in [0.15, 0.2) is 0 Å². The number of pyridine rings is 1. The number of ether oxygens (including phenoxy) is 1. The highest BCUT2D eigenvalue weighted by molar-refractivity contribution is 6.05. The number of anilines is 1. The second kappa shape index (κ2) is 9.13. The number of nitrogens with zero attached hydrogens (tertiary/aromatic N) is 2. The van der Waals surface area contributed by atoms with Gasteiger partial charge in [0.1, 0.15) is 11.4 Å². The molecule has 1 aliphatic rings. The molecule has 5 rings (SSSR count). The fourth-order valence-corrected chi connectivity index (χ4v) is 3.96. The van der Waals surface area contributed by atoms with E-state index in [1.807, 2.05) is 30.3 Å². The Bertz CT molecular complexity index is 1530. The predicted octanol–water partition coefficient (Wildman–Crippen LogP) is 3.86. The van der Waals surface area contributed by atoms with Crippen molar-refractivity contribution in [2.45, 2.75) is 31.9 Å². The lowest BCUT2D eigenvalue weighted by Crippen LogP contribution is -2.30. The molecule has 0 radical (unpaired) electrons. The third-order valence-corrected chi connectivity index (χ3v) is 5.72. The Labute approximate surface area is 197 Å². The second-order valence-electron chi connectivity index (χ2n) is 8.27. The first kappa shape index (κ1) is 22.5. The SMILES string of the molecule is O=C(Nc1ccc(OC(F)F)c(Cc2ccccc2)c1)c1cnc2c(c1)c(=O)[nH]c(=O)n2C1CC1. The number of hydrogen-bond donors (Lipinski definition) is 2. The normalized spacial score (nSPS) is 13.2. The minimum Gasteiger partial charge on any atom is -0.435 e. The zero-order valence-electron chi connectivity index (χ0n) is 18.3. The number of carbonyl (C=O) groups excluding carboxylic acids is 1. The van der Waals surface area contributed by atoms with Crippen LogP contribution < -0.4 is 21.3 Å². The Morgan fingerprint density at radius 1 is 1.14 bits per heavy atom. The zero-order chi connectivity index (χ0) is 24.5. The van der Waals surface area contributed by atoms with Crippen LogP contribution in [-0.2, 0) is 6.42 Å². The van der Waals surface area contributed by atoms with E-state index in [-0.39, 0.29) is 28.4 Å². The molecule has 2 heterocycles. The second-order valence-corrected chi connectivity index (χ2v) is 8.27. The molecule has 0 aliphatic heterocycles. The van der Waals surface area contributed by atoms with E-state index in [9.17, 15) is 23.2 Å². The van der Waals surface area contributed by atoms with Gasteiger partial charge in [-0.25, -0.2) is 9.78 Å². The van der Waals surface area contributed by atoms with Crippen molar-refractivity contribution in [3.63, 3.8) is 0 Å². The number of amides is 1. The van der Waals surface area contributed by atoms with Crippen molar-refractivity contribution in [2.75, 3.05) is 5.32 Å². The quantitative estimate of drug-likeness (QED) is 0.420. The third kappa shape index (κ3) is 4.81. The summed E-state index contributed by atoms with van der Waals surface area (Å²) >= 11 is 0. The van der Waals surface area contributed by atoms with Crippen molar-refractivity contribution in [1.82, 2.24) is 14.5 Å². The molecule has 0 spiro atoms. The summed E-state index contributed by atoms with van der Waals surface area (Å²) < 4.78 is 31.9. The van der Waals surface area contributed by atoms with E-state index in [4.69, 9.17) is 0 Å². The fourth-order valence-electron chi connectivity index (χ4n) is 3.96. The molecular formula is C25H20F2N4O4. The maximum absolute atomic E-state index is 12.9. The van der Waals surface area contributed by atoms with Crippen molar-refractivity contribution >= 4 is 22.6 Å². The van der Waals surface area contributed by atoms with Crippen molar-refractivity contribution in [3.05, 3.63) is 98.3 Å². The first-order chi connectivity index (χ1) is 16.9. The van der Waals surface area contributed by atoms with Crippen LogP contribution in [0.25, 0.3) is 11.0 Å². The lowest BCUT2D eigenvalue weighted by molar-refractivity contribution is -0.0503. The standard InChI is InChI=1S/C25H20F2N4O4/c26-24(27)35-20-9-6-17(11-15(20)10-14-4-2-1-3-5-14)29-22(32)16-12-19-21(28-13-16)31(18-7-8-18)25(34)30-23(19)33/h1-6,9,11-13,18,24H,7-8,10H2,(H,29,32)(H,30,33,34). The maximum Gasteiger partial charge on any atom is 0.387 e. The number of aromatic nitrogens is 3. The molecule has 2 aromatic carbocycles. The molecule has 0 saturated heterocycles. The van der Waals surface area contributed by atoms with Gasteiger partial charge in [0.25, 0.3) is 11.5 Å². The summed E-state index contributed by atoms with van der Waals surface area (Å²) in [5.41, 5.74) is 0.914. The van der Waals surface area contributed by atoms with Gasteiger partial charge < -0.3 is 10.1 Å². The lowest BCUT2D eigenvalue weighted by Gasteiger charge is -2.14. The number of fused-ring (bicyclic) bond motifs is 1. The van der Waals surface area contributed by atoms with E-state index < -0.39 is 23.8 Å². The summed E-state index contributed by atoms with van der Waals surface area (Å²) in [6.45, 7) is -2.99. The molecule has 10 heteroatoms. The number of rotatable bonds is 7. The number of carbonyl (C=O) groups is 1. The highest BCUT2D eigenvalue weighted by Gasteiger charge is 2.28. The Balaban J connectivity index is 1.44. The van der Waals surface area contributed by atoms with Crippen LogP contribution in [0.2, 0.25) is 0 Å². The van der Waals surface area contributed by atoms with Crippen LogP contribution in [0.5, 0.6) is 5.75 Å². The molecular weight excluding hydrogens is 458 g/mol. The molecule has 0 atom stereocenters. The van der Waals surface area contributed by atoms with Crippen LogP contribution in [0.4, 0.5) is 14.5 Å². The lowest BCUT2D eigenvalue weighted by atomic mass is 10.0. The summed E-state index contributed by atoms with van der Waals surface area (Å²) in [6, 6.07) is 15.0. The molecule has 2 N–H and O–H groups in total. The van der Waals surface area contributed by atoms with Crippen molar-refractivity contribution in [3.8, 4) is 5.75 Å². The molecule has 1 amide bonds. The summed E-state index contributed by atoms with van der Waals surface area (Å²) in [7, 11) is 0. The van der Waals surface area contributed by atoms with Gasteiger partial charge in [-0.05, 0) is 42.7 Å². The molecule has 1 saturated carbocycles. The van der Waals surface area contributed by atoms with Gasteiger partial charge in [-0.2, -0.15) is 8.78 Å². The number of alkyl halides is 2. The topological polar surface area (TPSA) is 106 Å². The molecule has 178 valence electrons. The highest BCUT2D eigenvalue weighted by Crippen LogP contribution is 2.34. The predicted molar refractivity (Wildman–Crippen MR) is 125 cm³/mol. The Morgan fingerprint density at radius 3 is 2.63 bits per heavy atom. The van der Waals surface area contributed by atoms with Crippen molar-refractivity contribution in [1.29, 1.82) is 0 Å². The van der Waals surface area contributed by atoms with Gasteiger partial charge in [0.05, 0.1) is 10.9 Å². The molecule has 1 aliphatic carbocycles. The number of aromatic amines is 1. The summed E-state index contributed by atoms with van der Waals surface area (Å²) in [5.74, 6) is -0.532. The number of hydrogen-bond acceptors (Lipinski definition) is 5. The van der Waals surface area contributed by atoms with E-state index in [0.717, 1.165) is 18.4 Å². The smallest absolute Gasteiger partial charge is 0.387 e. The number of H-pyrrole nitrogens is 1. The average molecular weight is 478 g/mol. The zero-order valence-corrected chi connectivity index (χ0v) is 18.3. The first-order valence-corrected chi connectivity index (χ1v) is 11.0. The Hall–Kier alpha value is -4.34. The van der Waals surface area contributed by atoms with Crippen LogP contribution in [-0.4, -0.2) is 27.1 Å². The Kier molecular flexibility index (Phi) is 5.86. The van der Waals surface area contributed by atoms with Gasteiger partial charge in [0, 0.05) is 29.9 Å². The van der Waals surface area contributed by atoms with Crippen LogP contribution >= 0.6 is 0 Å². The third-order valence-electron chi connectivity index (χ3n) is 5.72. The minimum absolute atomic E-state index is 0.00830. The fraction of sp³-hybridized carbons (Fsp3) is 0.200. The first-order valence-electron chi connectivity index (χ1n) is 11.0. The van der Waals surface area contributed by atoms with Gasteiger partial charge in [-0.1, -0.05) is 30.3 Å². The van der Waals surface area contributed by atoms with Gasteiger partial charge in [-0.3, -0.25) is 19.1 Å². The van der Waals surface area contributed by atoms with E-state index in [1.165, 1.54) is 29.0 Å². The van der Waals surface area contributed by atoms with E-state index in [2.05, 4.69) is 20.0 Å². The molecule has 0 bridgehead atoms. The van der Waals surface area contributed by atoms with Crippen LogP contribution in [0.15, 0.2) is 70.4 Å². The van der Waals surface area contributed by atoms with Gasteiger partial charge in [-0.15, -0.1) is 0 Å². The molecule has 35 heavy (non-hydrogen) atoms. The number of nitrogens with one attached hydrogen (secondary N) is 2. The number of halogens is 2. The Morgan fingerprint density at radius 2 is 1.91 bits per heavy atom. The summed E-state index contributed by atoms with van der Waals surface area (Å²) in [6.07, 6.45) is 3.26. The van der Waals surface area contributed by atoms with Gasteiger partial charge >= 0.3 is 12.3 Å². The van der Waals surface area contributed by atoms with Crippen LogP contribution in [0, 0.1) is 0 Å². The monoisotopic (exact) mass is 478 g/mol. The summed E-state index contributed by atoms with van der Waals surface area (Å²) in [5, 5.41) is 2.84. The highest BCUT2D eigenvalue weighted by atomic mass is 19.3. The van der Waals surface area contributed by atoms with Crippen molar-refractivity contribution < 1.29 is 18.3 Å². The van der Waals surface area contributed by atoms with Crippen LogP contribution in [0.3, 0.4) is 0 Å². The average Bonchev–Trinajstić information content (AvgIpc) is 3.66. The molecule has 4 aromatic rings. The largest absolute Gasteiger partial charge is 0.435 e. The van der Waals surface area contributed by atoms with Gasteiger partial charge in [0.2, 0.25) is 0 Å². The summed E-state index contributed by atoms with van der Waals surface area (Å²) in [4.78, 5) is 44.0. The van der Waals surface area contributed by atoms with Crippen molar-refractivity contribution in [2.24, 2.45) is 0 Å². The minimum atomic E-state index is -2.99. The molecule has 0 unspecified atom stereocenters.